The minimum atomic E-state index is -0.588. The summed E-state index contributed by atoms with van der Waals surface area (Å²) in [6.07, 6.45) is 0.725. The molecule has 4 nitrogen and oxygen atoms in total. The predicted octanol–water partition coefficient (Wildman–Crippen LogP) is 4.86. The van der Waals surface area contributed by atoms with Gasteiger partial charge in [-0.05, 0) is 49.2 Å². The molecule has 0 saturated carbocycles. The lowest BCUT2D eigenvalue weighted by atomic mass is 10.1. The van der Waals surface area contributed by atoms with Crippen molar-refractivity contribution >= 4 is 28.9 Å². The van der Waals surface area contributed by atoms with Crippen LogP contribution in [0.15, 0.2) is 36.4 Å². The van der Waals surface area contributed by atoms with Crippen molar-refractivity contribution < 1.29 is 18.7 Å². The molecule has 1 amide bonds. The first kappa shape index (κ1) is 21.1. The molecular weight excluding hydrogens is 374 g/mol. The number of amides is 1. The van der Waals surface area contributed by atoms with E-state index in [2.05, 4.69) is 5.32 Å². The Bertz CT molecular complexity index is 802. The minimum Gasteiger partial charge on any atom is -0.391 e. The van der Waals surface area contributed by atoms with Crippen LogP contribution in [0.5, 0.6) is 0 Å². The number of carbonyl (C=O) groups excluding carboxylic acids is 1. The molecule has 0 radical (unpaired) electrons. The van der Waals surface area contributed by atoms with E-state index in [4.69, 9.17) is 11.6 Å². The molecule has 1 unspecified atom stereocenters. The Labute approximate surface area is 162 Å². The highest BCUT2D eigenvalue weighted by Crippen LogP contribution is 2.24. The molecule has 2 rings (SSSR count). The number of rotatable bonds is 8. The van der Waals surface area contributed by atoms with Gasteiger partial charge in [-0.25, -0.2) is 8.78 Å². The van der Waals surface area contributed by atoms with Crippen LogP contribution in [0.1, 0.15) is 37.0 Å². The first-order valence-corrected chi connectivity index (χ1v) is 9.22. The average molecular weight is 397 g/mol. The van der Waals surface area contributed by atoms with E-state index in [1.807, 2.05) is 13.8 Å². The lowest BCUT2D eigenvalue weighted by Crippen LogP contribution is -2.33. The van der Waals surface area contributed by atoms with Gasteiger partial charge in [0.2, 0.25) is 0 Å². The molecule has 0 aliphatic heterocycles. The fourth-order valence-electron chi connectivity index (χ4n) is 2.64. The number of aliphatic hydroxyl groups excluding tert-OH is 1. The topological polar surface area (TPSA) is 52.6 Å². The predicted molar refractivity (Wildman–Crippen MR) is 105 cm³/mol. The molecule has 2 N–H and O–H groups in total. The maximum atomic E-state index is 14.4. The van der Waals surface area contributed by atoms with Crippen molar-refractivity contribution in [2.75, 3.05) is 23.3 Å². The second-order valence-corrected chi connectivity index (χ2v) is 6.66. The molecule has 27 heavy (non-hydrogen) atoms. The van der Waals surface area contributed by atoms with Crippen LogP contribution in [0.3, 0.4) is 0 Å². The molecule has 7 heteroatoms. The second kappa shape index (κ2) is 9.67. The number of carbonyl (C=O) groups is 1. The van der Waals surface area contributed by atoms with Gasteiger partial charge in [-0.2, -0.15) is 0 Å². The molecule has 0 fully saturated rings. The van der Waals surface area contributed by atoms with Gasteiger partial charge in [0.1, 0.15) is 11.6 Å². The van der Waals surface area contributed by atoms with Crippen LogP contribution >= 0.6 is 11.6 Å². The summed E-state index contributed by atoms with van der Waals surface area (Å²) in [6.45, 7) is 4.63. The van der Waals surface area contributed by atoms with Crippen LogP contribution < -0.4 is 10.2 Å². The maximum absolute atomic E-state index is 14.4. The third kappa shape index (κ3) is 5.65. The van der Waals surface area contributed by atoms with E-state index in [9.17, 15) is 18.7 Å². The number of hydrogen-bond donors (Lipinski definition) is 2. The molecule has 1 atom stereocenters. The van der Waals surface area contributed by atoms with Crippen molar-refractivity contribution in [2.24, 2.45) is 0 Å². The number of halogens is 3. The molecule has 0 saturated heterocycles. The minimum absolute atomic E-state index is 0.102. The average Bonchev–Trinajstić information content (AvgIpc) is 2.64. The molecule has 146 valence electrons. The van der Waals surface area contributed by atoms with E-state index in [0.717, 1.165) is 12.5 Å². The molecule has 0 aliphatic rings. The van der Waals surface area contributed by atoms with Gasteiger partial charge in [0.25, 0.3) is 5.91 Å². The summed E-state index contributed by atoms with van der Waals surface area (Å²) in [5, 5.41) is 12.5. The van der Waals surface area contributed by atoms with E-state index in [-0.39, 0.29) is 22.8 Å². The monoisotopic (exact) mass is 396 g/mol. The highest BCUT2D eigenvalue weighted by molar-refractivity contribution is 6.31. The zero-order chi connectivity index (χ0) is 20.0. The number of benzene rings is 2. The van der Waals surface area contributed by atoms with Crippen LogP contribution in [0.4, 0.5) is 20.2 Å². The van der Waals surface area contributed by atoms with E-state index < -0.39 is 23.6 Å². The summed E-state index contributed by atoms with van der Waals surface area (Å²) in [6, 6.07) is 7.91. The number of anilines is 2. The summed E-state index contributed by atoms with van der Waals surface area (Å²) in [7, 11) is 0. The number of nitrogens with one attached hydrogen (secondary N) is 1. The largest absolute Gasteiger partial charge is 0.391 e. The van der Waals surface area contributed by atoms with Gasteiger partial charge in [0, 0.05) is 24.3 Å². The normalized spacial score (nSPS) is 11.9. The fourth-order valence-corrected chi connectivity index (χ4v) is 2.82. The first-order valence-electron chi connectivity index (χ1n) is 8.84. The third-order valence-corrected chi connectivity index (χ3v) is 4.41. The van der Waals surface area contributed by atoms with Crippen LogP contribution in [0.25, 0.3) is 0 Å². The van der Waals surface area contributed by atoms with Crippen molar-refractivity contribution in [1.82, 2.24) is 0 Å². The third-order valence-electron chi connectivity index (χ3n) is 4.12. The van der Waals surface area contributed by atoms with Gasteiger partial charge >= 0.3 is 0 Å². The maximum Gasteiger partial charge on any atom is 0.255 e. The van der Waals surface area contributed by atoms with Crippen LogP contribution in [0.2, 0.25) is 5.02 Å². The Morgan fingerprint density at radius 1 is 1.19 bits per heavy atom. The zero-order valence-electron chi connectivity index (χ0n) is 15.3. The second-order valence-electron chi connectivity index (χ2n) is 6.26. The Hall–Kier alpha value is -2.18. The van der Waals surface area contributed by atoms with Crippen molar-refractivity contribution in [3.05, 3.63) is 58.6 Å². The van der Waals surface area contributed by atoms with E-state index in [1.165, 1.54) is 30.3 Å². The van der Waals surface area contributed by atoms with Crippen molar-refractivity contribution in [2.45, 2.75) is 32.8 Å². The Morgan fingerprint density at radius 3 is 2.52 bits per heavy atom. The molecule has 0 spiro atoms. The number of nitrogens with zero attached hydrogens (tertiary/aromatic N) is 1. The fraction of sp³-hybridized carbons (Fsp3) is 0.350. The van der Waals surface area contributed by atoms with Gasteiger partial charge in [0.05, 0.1) is 16.8 Å². The molecule has 0 aliphatic carbocycles. The number of hydrogen-bond acceptors (Lipinski definition) is 3. The van der Waals surface area contributed by atoms with Gasteiger partial charge in [-0.15, -0.1) is 0 Å². The highest BCUT2D eigenvalue weighted by atomic mass is 35.5. The molecule has 2 aromatic carbocycles. The van der Waals surface area contributed by atoms with Gasteiger partial charge in [-0.1, -0.05) is 25.4 Å². The zero-order valence-corrected chi connectivity index (χ0v) is 16.1. The van der Waals surface area contributed by atoms with Crippen molar-refractivity contribution in [3.8, 4) is 0 Å². The van der Waals surface area contributed by atoms with E-state index >= 15 is 0 Å². The smallest absolute Gasteiger partial charge is 0.255 e. The van der Waals surface area contributed by atoms with Crippen LogP contribution in [0, 0.1) is 11.6 Å². The number of aliphatic hydroxyl groups is 1. The molecular formula is C20H23ClF2N2O2. The molecule has 2 aromatic rings. The van der Waals surface area contributed by atoms with Gasteiger partial charge in [-0.3, -0.25) is 4.79 Å². The van der Waals surface area contributed by atoms with Crippen LogP contribution in [-0.2, 0) is 0 Å². The van der Waals surface area contributed by atoms with Gasteiger partial charge < -0.3 is 15.3 Å². The Balaban J connectivity index is 2.25. The molecule has 0 aromatic heterocycles. The standard InChI is InChI=1S/C20H23ClF2N2O2/c1-3-9-25(12-15(26)4-2)19-10-13(5-7-18(19)23)20(27)24-14-6-8-17(22)16(21)11-14/h5-8,10-11,15,26H,3-4,9,12H2,1-2H3,(H,24,27). The molecule has 0 heterocycles. The van der Waals surface area contributed by atoms with Crippen LogP contribution in [-0.4, -0.2) is 30.2 Å². The summed E-state index contributed by atoms with van der Waals surface area (Å²) in [5.74, 6) is -1.51. The Kier molecular flexibility index (Phi) is 7.56. The quantitative estimate of drug-likeness (QED) is 0.670. The van der Waals surface area contributed by atoms with Crippen molar-refractivity contribution in [3.63, 3.8) is 0 Å². The molecule has 0 bridgehead atoms. The SMILES string of the molecule is CCCN(CC(O)CC)c1cc(C(=O)Nc2ccc(F)c(Cl)c2)ccc1F. The summed E-state index contributed by atoms with van der Waals surface area (Å²) in [4.78, 5) is 14.2. The van der Waals surface area contributed by atoms with E-state index in [0.29, 0.717) is 18.7 Å². The summed E-state index contributed by atoms with van der Waals surface area (Å²) >= 11 is 5.72. The lowest BCUT2D eigenvalue weighted by Gasteiger charge is -2.27. The lowest BCUT2D eigenvalue weighted by molar-refractivity contribution is 0.102. The summed E-state index contributed by atoms with van der Waals surface area (Å²) in [5.41, 5.74) is 0.845. The van der Waals surface area contributed by atoms with Crippen molar-refractivity contribution in [1.29, 1.82) is 0 Å². The Morgan fingerprint density at radius 2 is 1.89 bits per heavy atom. The first-order chi connectivity index (χ1) is 12.8. The highest BCUT2D eigenvalue weighted by Gasteiger charge is 2.17. The van der Waals surface area contributed by atoms with Gasteiger partial charge in [0.15, 0.2) is 0 Å². The van der Waals surface area contributed by atoms with E-state index in [1.54, 1.807) is 4.90 Å². The summed E-state index contributed by atoms with van der Waals surface area (Å²) < 4.78 is 27.6.